The molecule has 2 heteroatoms. The third-order valence-corrected chi connectivity index (χ3v) is 3.08. The van der Waals surface area contributed by atoms with E-state index in [0.29, 0.717) is 6.61 Å². The maximum Gasteiger partial charge on any atom is 0.330 e. The Labute approximate surface area is 113 Å². The normalized spacial score (nSPS) is 11.6. The van der Waals surface area contributed by atoms with Crippen LogP contribution in [0, 0.1) is 0 Å². The highest BCUT2D eigenvalue weighted by Gasteiger charge is 1.98. The van der Waals surface area contributed by atoms with Gasteiger partial charge in [0, 0.05) is 6.08 Å². The van der Waals surface area contributed by atoms with Crippen LogP contribution in [0.15, 0.2) is 11.6 Å². The zero-order chi connectivity index (χ0) is 13.6. The lowest BCUT2D eigenvalue weighted by atomic mass is 10.0. The van der Waals surface area contributed by atoms with Crippen LogP contribution in [0.5, 0.6) is 0 Å². The largest absolute Gasteiger partial charge is 0.463 e. The summed E-state index contributed by atoms with van der Waals surface area (Å²) in [4.78, 5) is 11.2. The van der Waals surface area contributed by atoms with E-state index in [0.717, 1.165) is 12.0 Å². The second-order valence-electron chi connectivity index (χ2n) is 4.97. The standard InChI is InChI=1S/C16H30O2/c1-4-6-7-8-9-10-11-12-13-15(3)14-16(17)18-5-2/h14H,4-13H2,1-3H3/b15-14+. The van der Waals surface area contributed by atoms with E-state index >= 15 is 0 Å². The Kier molecular flexibility index (Phi) is 12.1. The van der Waals surface area contributed by atoms with Gasteiger partial charge in [-0.05, 0) is 26.7 Å². The smallest absolute Gasteiger partial charge is 0.330 e. The number of allylic oxidation sites excluding steroid dienone is 1. The molecule has 0 aromatic heterocycles. The van der Waals surface area contributed by atoms with Crippen molar-refractivity contribution in [3.05, 3.63) is 11.6 Å². The molecule has 0 radical (unpaired) electrons. The molecule has 0 saturated carbocycles. The predicted molar refractivity (Wildman–Crippen MR) is 77.6 cm³/mol. The second kappa shape index (κ2) is 12.7. The van der Waals surface area contributed by atoms with Crippen LogP contribution in [0.1, 0.15) is 78.6 Å². The summed E-state index contributed by atoms with van der Waals surface area (Å²) in [6.07, 6.45) is 13.3. The van der Waals surface area contributed by atoms with Crippen molar-refractivity contribution in [2.75, 3.05) is 6.61 Å². The van der Waals surface area contributed by atoms with Crippen LogP contribution >= 0.6 is 0 Å². The lowest BCUT2D eigenvalue weighted by Crippen LogP contribution is -2.00. The fourth-order valence-electron chi connectivity index (χ4n) is 2.00. The van der Waals surface area contributed by atoms with Gasteiger partial charge >= 0.3 is 5.97 Å². The van der Waals surface area contributed by atoms with Crippen molar-refractivity contribution in [3.63, 3.8) is 0 Å². The van der Waals surface area contributed by atoms with Crippen molar-refractivity contribution < 1.29 is 9.53 Å². The zero-order valence-electron chi connectivity index (χ0n) is 12.5. The molecule has 106 valence electrons. The van der Waals surface area contributed by atoms with E-state index in [1.54, 1.807) is 6.08 Å². The van der Waals surface area contributed by atoms with Gasteiger partial charge in [-0.25, -0.2) is 4.79 Å². The van der Waals surface area contributed by atoms with E-state index < -0.39 is 0 Å². The topological polar surface area (TPSA) is 26.3 Å². The third-order valence-electron chi connectivity index (χ3n) is 3.08. The molecule has 0 heterocycles. The minimum absolute atomic E-state index is 0.199. The van der Waals surface area contributed by atoms with Crippen molar-refractivity contribution in [1.29, 1.82) is 0 Å². The minimum Gasteiger partial charge on any atom is -0.463 e. The Bertz CT molecular complexity index is 231. The maximum atomic E-state index is 11.2. The molecule has 0 amide bonds. The van der Waals surface area contributed by atoms with E-state index in [2.05, 4.69) is 6.92 Å². The number of hydrogen-bond donors (Lipinski definition) is 0. The van der Waals surface area contributed by atoms with E-state index in [1.165, 1.54) is 51.4 Å². The Morgan fingerprint density at radius 1 is 0.944 bits per heavy atom. The summed E-state index contributed by atoms with van der Waals surface area (Å²) in [5.74, 6) is -0.199. The van der Waals surface area contributed by atoms with Crippen LogP contribution < -0.4 is 0 Å². The zero-order valence-corrected chi connectivity index (χ0v) is 12.5. The van der Waals surface area contributed by atoms with Gasteiger partial charge in [0.15, 0.2) is 0 Å². The van der Waals surface area contributed by atoms with Gasteiger partial charge in [0.2, 0.25) is 0 Å². The van der Waals surface area contributed by atoms with Crippen LogP contribution in [0.25, 0.3) is 0 Å². The Hall–Kier alpha value is -0.790. The summed E-state index contributed by atoms with van der Waals surface area (Å²) in [6.45, 7) is 6.55. The van der Waals surface area contributed by atoms with Gasteiger partial charge < -0.3 is 4.74 Å². The number of carbonyl (C=O) groups excluding carboxylic acids is 1. The monoisotopic (exact) mass is 254 g/mol. The summed E-state index contributed by atoms with van der Waals surface area (Å²) >= 11 is 0. The second-order valence-corrected chi connectivity index (χ2v) is 4.97. The highest BCUT2D eigenvalue weighted by atomic mass is 16.5. The van der Waals surface area contributed by atoms with E-state index in [4.69, 9.17) is 4.74 Å². The third kappa shape index (κ3) is 11.7. The number of ether oxygens (including phenoxy) is 1. The molecule has 0 aliphatic rings. The molecule has 0 saturated heterocycles. The molecule has 0 rings (SSSR count). The molecule has 0 bridgehead atoms. The Morgan fingerprint density at radius 2 is 1.50 bits per heavy atom. The van der Waals surface area contributed by atoms with Gasteiger partial charge in [0.1, 0.15) is 0 Å². The first-order valence-corrected chi connectivity index (χ1v) is 7.54. The summed E-state index contributed by atoms with van der Waals surface area (Å²) in [5.41, 5.74) is 1.14. The van der Waals surface area contributed by atoms with Crippen LogP contribution in [-0.2, 0) is 9.53 Å². The number of unbranched alkanes of at least 4 members (excludes halogenated alkanes) is 7. The van der Waals surface area contributed by atoms with E-state index in [1.807, 2.05) is 13.8 Å². The highest BCUT2D eigenvalue weighted by molar-refractivity contribution is 5.82. The van der Waals surface area contributed by atoms with Gasteiger partial charge in [0.05, 0.1) is 6.61 Å². The minimum atomic E-state index is -0.199. The lowest BCUT2D eigenvalue weighted by molar-refractivity contribution is -0.137. The van der Waals surface area contributed by atoms with Crippen LogP contribution in [0.2, 0.25) is 0 Å². The molecule has 0 N–H and O–H groups in total. The molecule has 2 nitrogen and oxygen atoms in total. The highest BCUT2D eigenvalue weighted by Crippen LogP contribution is 2.12. The average molecular weight is 254 g/mol. The first kappa shape index (κ1) is 17.2. The van der Waals surface area contributed by atoms with Gasteiger partial charge in [-0.15, -0.1) is 0 Å². The van der Waals surface area contributed by atoms with Gasteiger partial charge in [-0.3, -0.25) is 0 Å². The average Bonchev–Trinajstić information content (AvgIpc) is 2.32. The summed E-state index contributed by atoms with van der Waals surface area (Å²) < 4.78 is 4.88. The van der Waals surface area contributed by atoms with Crippen molar-refractivity contribution in [3.8, 4) is 0 Å². The van der Waals surface area contributed by atoms with Crippen LogP contribution in [0.3, 0.4) is 0 Å². The number of hydrogen-bond acceptors (Lipinski definition) is 2. The molecule has 0 aliphatic carbocycles. The van der Waals surface area contributed by atoms with E-state index in [-0.39, 0.29) is 5.97 Å². The van der Waals surface area contributed by atoms with Crippen molar-refractivity contribution in [1.82, 2.24) is 0 Å². The molecular weight excluding hydrogens is 224 g/mol. The molecule has 0 aromatic rings. The van der Waals surface area contributed by atoms with Crippen LogP contribution in [-0.4, -0.2) is 12.6 Å². The molecule has 0 unspecified atom stereocenters. The molecule has 18 heavy (non-hydrogen) atoms. The maximum absolute atomic E-state index is 11.2. The SMILES string of the molecule is CCCCCCCCCC/C(C)=C/C(=O)OCC. The van der Waals surface area contributed by atoms with Gasteiger partial charge in [-0.1, -0.05) is 57.4 Å². The van der Waals surface area contributed by atoms with E-state index in [9.17, 15) is 4.79 Å². The van der Waals surface area contributed by atoms with Gasteiger partial charge in [0.25, 0.3) is 0 Å². The van der Waals surface area contributed by atoms with Gasteiger partial charge in [-0.2, -0.15) is 0 Å². The first-order chi connectivity index (χ1) is 8.70. The predicted octanol–water partition coefficient (Wildman–Crippen LogP) is 5.03. The molecule has 0 aromatic carbocycles. The van der Waals surface area contributed by atoms with Crippen molar-refractivity contribution in [2.24, 2.45) is 0 Å². The summed E-state index contributed by atoms with van der Waals surface area (Å²) in [7, 11) is 0. The first-order valence-electron chi connectivity index (χ1n) is 7.54. The quantitative estimate of drug-likeness (QED) is 0.294. The fourth-order valence-corrected chi connectivity index (χ4v) is 2.00. The van der Waals surface area contributed by atoms with Crippen molar-refractivity contribution >= 4 is 5.97 Å². The lowest BCUT2D eigenvalue weighted by Gasteiger charge is -2.03. The number of rotatable bonds is 11. The fraction of sp³-hybridized carbons (Fsp3) is 0.812. The summed E-state index contributed by atoms with van der Waals surface area (Å²) in [5, 5.41) is 0. The van der Waals surface area contributed by atoms with Crippen LogP contribution in [0.4, 0.5) is 0 Å². The Morgan fingerprint density at radius 3 is 2.06 bits per heavy atom. The number of carbonyl (C=O) groups is 1. The molecule has 0 aliphatic heterocycles. The molecular formula is C16H30O2. The van der Waals surface area contributed by atoms with Crippen molar-refractivity contribution in [2.45, 2.75) is 78.6 Å². The Balaban J connectivity index is 3.40. The summed E-state index contributed by atoms with van der Waals surface area (Å²) in [6, 6.07) is 0. The molecule has 0 fully saturated rings. The molecule has 0 spiro atoms. The molecule has 0 atom stereocenters. The number of esters is 1.